The molecule has 0 saturated carbocycles. The second kappa shape index (κ2) is 7.93. The molecule has 0 amide bonds. The fraction of sp³-hybridized carbons (Fsp3) is 0. The van der Waals surface area contributed by atoms with Crippen LogP contribution in [0, 0.1) is 0 Å². The summed E-state index contributed by atoms with van der Waals surface area (Å²) in [5.41, 5.74) is 12.0. The van der Waals surface area contributed by atoms with E-state index in [4.69, 9.17) is 9.97 Å². The first-order valence-electron chi connectivity index (χ1n) is 14.3. The van der Waals surface area contributed by atoms with Gasteiger partial charge in [0.2, 0.25) is 0 Å². The van der Waals surface area contributed by atoms with Crippen molar-refractivity contribution in [2.75, 3.05) is 0 Å². The van der Waals surface area contributed by atoms with Gasteiger partial charge in [0.15, 0.2) is 5.65 Å². The first-order valence-corrected chi connectivity index (χ1v) is 14.3. The Labute approximate surface area is 240 Å². The predicted octanol–water partition coefficient (Wildman–Crippen LogP) is 9.54. The predicted molar refractivity (Wildman–Crippen MR) is 174 cm³/mol. The van der Waals surface area contributed by atoms with Gasteiger partial charge >= 0.3 is 0 Å². The Morgan fingerprint density at radius 1 is 0.429 bits per heavy atom. The maximum Gasteiger partial charge on any atom is 0.165 e. The van der Waals surface area contributed by atoms with Gasteiger partial charge in [-0.3, -0.25) is 4.40 Å². The van der Waals surface area contributed by atoms with Crippen molar-refractivity contribution in [2.24, 2.45) is 0 Å². The van der Waals surface area contributed by atoms with E-state index >= 15 is 0 Å². The highest BCUT2D eigenvalue weighted by Crippen LogP contribution is 2.42. The SMILES string of the molecule is c1ccc(-c2ccc3c4cc5c(cc4n(-c4ccccc4)c3c2)c2cccc3c4nc6ccccc6nc4n5c23)cc1. The van der Waals surface area contributed by atoms with Gasteiger partial charge < -0.3 is 4.57 Å². The lowest BCUT2D eigenvalue weighted by Gasteiger charge is -2.09. The minimum atomic E-state index is 0.910. The molecule has 6 aromatic carbocycles. The van der Waals surface area contributed by atoms with E-state index < -0.39 is 0 Å². The maximum atomic E-state index is 5.15. The molecule has 0 aliphatic rings. The topological polar surface area (TPSA) is 35.1 Å². The first-order chi connectivity index (χ1) is 20.8. The fourth-order valence-corrected chi connectivity index (χ4v) is 6.98. The highest BCUT2D eigenvalue weighted by atomic mass is 15.0. The van der Waals surface area contributed by atoms with Gasteiger partial charge in [-0.25, -0.2) is 9.97 Å². The van der Waals surface area contributed by atoms with E-state index in [2.05, 4.69) is 118 Å². The van der Waals surface area contributed by atoms with Crippen LogP contribution < -0.4 is 0 Å². The van der Waals surface area contributed by atoms with Crippen molar-refractivity contribution < 1.29 is 0 Å². The molecule has 42 heavy (non-hydrogen) atoms. The van der Waals surface area contributed by atoms with Crippen molar-refractivity contribution in [3.8, 4) is 16.8 Å². The Morgan fingerprint density at radius 2 is 1.10 bits per heavy atom. The lowest BCUT2D eigenvalue weighted by atomic mass is 10.0. The van der Waals surface area contributed by atoms with E-state index in [1.165, 1.54) is 49.2 Å². The summed E-state index contributed by atoms with van der Waals surface area (Å²) in [7, 11) is 0. The molecule has 0 N–H and O–H groups in total. The Morgan fingerprint density at radius 3 is 1.93 bits per heavy atom. The molecular weight excluding hydrogens is 512 g/mol. The van der Waals surface area contributed by atoms with Crippen molar-refractivity contribution in [3.05, 3.63) is 133 Å². The van der Waals surface area contributed by atoms with E-state index in [9.17, 15) is 0 Å². The highest BCUT2D eigenvalue weighted by molar-refractivity contribution is 6.25. The van der Waals surface area contributed by atoms with Gasteiger partial charge in [-0.2, -0.15) is 0 Å². The molecule has 0 atom stereocenters. The van der Waals surface area contributed by atoms with Crippen LogP contribution in [0.15, 0.2) is 133 Å². The zero-order valence-corrected chi connectivity index (χ0v) is 22.5. The molecule has 0 saturated heterocycles. The molecule has 4 aromatic heterocycles. The molecule has 10 rings (SSSR count). The van der Waals surface area contributed by atoms with Gasteiger partial charge in [-0.05, 0) is 53.6 Å². The van der Waals surface area contributed by atoms with E-state index in [-0.39, 0.29) is 0 Å². The highest BCUT2D eigenvalue weighted by Gasteiger charge is 2.22. The molecule has 10 aromatic rings. The number of hydrogen-bond donors (Lipinski definition) is 0. The molecule has 0 aliphatic heterocycles. The zero-order valence-electron chi connectivity index (χ0n) is 22.5. The third-order valence-corrected chi connectivity index (χ3v) is 8.82. The van der Waals surface area contributed by atoms with Gasteiger partial charge in [-0.1, -0.05) is 91.0 Å². The van der Waals surface area contributed by atoms with Crippen LogP contribution in [-0.2, 0) is 0 Å². The Hall–Kier alpha value is -5.74. The van der Waals surface area contributed by atoms with Crippen LogP contribution in [0.5, 0.6) is 0 Å². The molecule has 0 spiro atoms. The van der Waals surface area contributed by atoms with Crippen LogP contribution in [0.2, 0.25) is 0 Å². The van der Waals surface area contributed by atoms with Crippen LogP contribution in [0.1, 0.15) is 0 Å². The van der Waals surface area contributed by atoms with Gasteiger partial charge in [0.25, 0.3) is 0 Å². The Bertz CT molecular complexity index is 2660. The molecule has 0 aliphatic carbocycles. The second-order valence-electron chi connectivity index (χ2n) is 11.1. The molecule has 0 radical (unpaired) electrons. The molecule has 4 heteroatoms. The maximum absolute atomic E-state index is 5.15. The van der Waals surface area contributed by atoms with E-state index in [0.717, 1.165) is 38.8 Å². The second-order valence-corrected chi connectivity index (χ2v) is 11.1. The lowest BCUT2D eigenvalue weighted by molar-refractivity contribution is 1.18. The van der Waals surface area contributed by atoms with Crippen molar-refractivity contribution in [2.45, 2.75) is 0 Å². The number of para-hydroxylation sites is 4. The van der Waals surface area contributed by atoms with Crippen molar-refractivity contribution in [1.82, 2.24) is 18.9 Å². The van der Waals surface area contributed by atoms with Gasteiger partial charge in [0.1, 0.15) is 5.52 Å². The number of rotatable bonds is 2. The van der Waals surface area contributed by atoms with E-state index in [1.807, 2.05) is 24.3 Å². The summed E-state index contributed by atoms with van der Waals surface area (Å²) in [4.78, 5) is 10.2. The lowest BCUT2D eigenvalue weighted by Crippen LogP contribution is -1.93. The zero-order chi connectivity index (χ0) is 27.4. The molecule has 0 fully saturated rings. The number of benzene rings is 6. The van der Waals surface area contributed by atoms with Crippen LogP contribution in [0.4, 0.5) is 0 Å². The monoisotopic (exact) mass is 534 g/mol. The largest absolute Gasteiger partial charge is 0.309 e. The Balaban J connectivity index is 1.39. The van der Waals surface area contributed by atoms with Gasteiger partial charge in [-0.15, -0.1) is 0 Å². The minimum Gasteiger partial charge on any atom is -0.309 e. The smallest absolute Gasteiger partial charge is 0.165 e. The van der Waals surface area contributed by atoms with Crippen molar-refractivity contribution in [1.29, 1.82) is 0 Å². The molecule has 4 nitrogen and oxygen atoms in total. The van der Waals surface area contributed by atoms with Crippen LogP contribution in [0.25, 0.3) is 88.0 Å². The molecule has 4 heterocycles. The number of aromatic nitrogens is 4. The molecular formula is C38H22N4. The van der Waals surface area contributed by atoms with Crippen LogP contribution in [0.3, 0.4) is 0 Å². The molecule has 0 bridgehead atoms. The summed E-state index contributed by atoms with van der Waals surface area (Å²) < 4.78 is 4.74. The minimum absolute atomic E-state index is 0.910. The third-order valence-electron chi connectivity index (χ3n) is 8.82. The molecule has 0 unspecified atom stereocenters. The Kier molecular flexibility index (Phi) is 4.15. The summed E-state index contributed by atoms with van der Waals surface area (Å²) >= 11 is 0. The first kappa shape index (κ1) is 22.0. The third kappa shape index (κ3) is 2.80. The standard InChI is InChI=1S/C38H22N4/c1-3-10-23(11-4-1)24-18-19-26-29-21-35-30(22-34(29)41(33(26)20-24)25-12-5-2-6-13-25)27-14-9-15-28-36-38(42(35)37(27)28)40-32-17-8-7-16-31(32)39-36/h1-22H. The normalized spacial score (nSPS) is 12.3. The summed E-state index contributed by atoms with van der Waals surface area (Å²) in [6, 6.07) is 47.6. The van der Waals surface area contributed by atoms with Gasteiger partial charge in [0, 0.05) is 32.6 Å². The molecule has 194 valence electrons. The quantitative estimate of drug-likeness (QED) is 0.221. The summed E-state index contributed by atoms with van der Waals surface area (Å²) in [5.74, 6) is 0. The van der Waals surface area contributed by atoms with Crippen LogP contribution >= 0.6 is 0 Å². The number of nitrogens with zero attached hydrogens (tertiary/aromatic N) is 4. The summed E-state index contributed by atoms with van der Waals surface area (Å²) in [6.45, 7) is 0. The summed E-state index contributed by atoms with van der Waals surface area (Å²) in [5, 5.41) is 6.05. The summed E-state index contributed by atoms with van der Waals surface area (Å²) in [6.07, 6.45) is 0. The number of fused-ring (bicyclic) bond motifs is 10. The number of hydrogen-bond acceptors (Lipinski definition) is 2. The fourth-order valence-electron chi connectivity index (χ4n) is 6.98. The van der Waals surface area contributed by atoms with E-state index in [1.54, 1.807) is 0 Å². The average molecular weight is 535 g/mol. The van der Waals surface area contributed by atoms with Crippen LogP contribution in [-0.4, -0.2) is 18.9 Å². The average Bonchev–Trinajstić information content (AvgIpc) is 3.67. The van der Waals surface area contributed by atoms with E-state index in [0.29, 0.717) is 0 Å². The van der Waals surface area contributed by atoms with Crippen molar-refractivity contribution in [3.63, 3.8) is 0 Å². The van der Waals surface area contributed by atoms with Gasteiger partial charge in [0.05, 0.1) is 33.1 Å². The van der Waals surface area contributed by atoms with Crippen molar-refractivity contribution >= 4 is 71.2 Å².